The van der Waals surface area contributed by atoms with Crippen LogP contribution in [0.25, 0.3) is 0 Å². The van der Waals surface area contributed by atoms with Gasteiger partial charge in [0.2, 0.25) is 0 Å². The number of nitrogen functional groups attached to an aromatic ring is 1. The third-order valence-corrected chi connectivity index (χ3v) is 9.56. The van der Waals surface area contributed by atoms with Crippen LogP contribution in [0, 0.1) is 35.0 Å². The summed E-state index contributed by atoms with van der Waals surface area (Å²) in [5.74, 6) is 3.99. The molecule has 5 aliphatic carbocycles. The second-order valence-electron chi connectivity index (χ2n) is 13.8. The van der Waals surface area contributed by atoms with Crippen molar-refractivity contribution in [3.8, 4) is 5.75 Å². The van der Waals surface area contributed by atoms with E-state index in [0.717, 1.165) is 48.5 Å². The Labute approximate surface area is 216 Å². The zero-order valence-corrected chi connectivity index (χ0v) is 22.9. The molecule has 0 aliphatic heterocycles. The summed E-state index contributed by atoms with van der Waals surface area (Å²) >= 11 is 0. The molecule has 0 heterocycles. The number of nitrogens with two attached hydrogens (primary N) is 1. The second kappa shape index (κ2) is 9.36. The Morgan fingerprint density at radius 1 is 1.03 bits per heavy atom. The Bertz CT molecular complexity index is 1010. The van der Waals surface area contributed by atoms with Gasteiger partial charge in [0.1, 0.15) is 11.4 Å². The smallest absolute Gasteiger partial charge is 0.306 e. The highest BCUT2D eigenvalue weighted by atomic mass is 16.6. The van der Waals surface area contributed by atoms with E-state index in [1.807, 2.05) is 46.8 Å². The summed E-state index contributed by atoms with van der Waals surface area (Å²) in [4.78, 5) is 25.6. The second-order valence-corrected chi connectivity index (χ2v) is 13.8. The lowest BCUT2D eigenvalue weighted by molar-refractivity contribution is -0.156. The number of benzene rings is 1. The molecule has 4 bridgehead atoms. The number of carbonyl (C=O) groups excluding carboxylic acids is 2. The average molecular weight is 496 g/mol. The molecular weight excluding hydrogens is 450 g/mol. The van der Waals surface area contributed by atoms with Gasteiger partial charge < -0.3 is 15.2 Å². The van der Waals surface area contributed by atoms with Gasteiger partial charge in [-0.25, -0.2) is 0 Å². The van der Waals surface area contributed by atoms with Crippen molar-refractivity contribution in [2.75, 3.05) is 12.3 Å². The van der Waals surface area contributed by atoms with Gasteiger partial charge in [-0.05, 0) is 113 Å². The summed E-state index contributed by atoms with van der Waals surface area (Å²) in [6.07, 6.45) is 9.87. The third-order valence-electron chi connectivity index (χ3n) is 9.56. The third kappa shape index (κ3) is 5.31. The predicted octanol–water partition coefficient (Wildman–Crippen LogP) is 6.93. The Morgan fingerprint density at radius 3 is 2.28 bits per heavy atom. The van der Waals surface area contributed by atoms with E-state index < -0.39 is 5.60 Å². The molecule has 0 radical (unpaired) electrons. The van der Waals surface area contributed by atoms with Gasteiger partial charge in [-0.2, -0.15) is 0 Å². The quantitative estimate of drug-likeness (QED) is 0.216. The lowest BCUT2D eigenvalue weighted by atomic mass is 9.76. The zero-order valence-electron chi connectivity index (χ0n) is 22.9. The highest BCUT2D eigenvalue weighted by molar-refractivity contribution is 6.01. The van der Waals surface area contributed by atoms with Crippen LogP contribution in [-0.2, 0) is 9.53 Å². The first-order valence-corrected chi connectivity index (χ1v) is 14.2. The van der Waals surface area contributed by atoms with Crippen LogP contribution in [0.4, 0.5) is 5.69 Å². The summed E-state index contributed by atoms with van der Waals surface area (Å²) in [6.45, 7) is 10.5. The topological polar surface area (TPSA) is 78.6 Å². The predicted molar refractivity (Wildman–Crippen MR) is 142 cm³/mol. The molecule has 0 saturated heterocycles. The van der Waals surface area contributed by atoms with Gasteiger partial charge in [0.15, 0.2) is 5.78 Å². The largest absolute Gasteiger partial charge is 0.493 e. The summed E-state index contributed by atoms with van der Waals surface area (Å²) in [5, 5.41) is 0. The number of ketones is 1. The first-order chi connectivity index (χ1) is 16.9. The van der Waals surface area contributed by atoms with Crippen LogP contribution in [0.5, 0.6) is 5.75 Å². The van der Waals surface area contributed by atoms with Gasteiger partial charge in [0.05, 0.1) is 6.61 Å². The van der Waals surface area contributed by atoms with Crippen molar-refractivity contribution in [3.05, 3.63) is 23.3 Å². The molecule has 198 valence electrons. The molecule has 5 fully saturated rings. The van der Waals surface area contributed by atoms with E-state index >= 15 is 0 Å². The van der Waals surface area contributed by atoms with Crippen molar-refractivity contribution in [1.29, 1.82) is 0 Å². The molecule has 2 N–H and O–H groups in total. The molecule has 1 aromatic carbocycles. The molecular formula is C31H45NO4. The van der Waals surface area contributed by atoms with Crippen molar-refractivity contribution in [2.45, 2.75) is 104 Å². The van der Waals surface area contributed by atoms with Crippen LogP contribution in [-0.4, -0.2) is 24.0 Å². The van der Waals surface area contributed by atoms with Gasteiger partial charge in [0, 0.05) is 35.6 Å². The molecule has 5 aliphatic rings. The standard InChI is InChI=1S/C31H45NO4/c1-18(19(2)9-29(34)36-30(3,4)5)8-27(33)25-13-24(22-6-7-22)28(14-26(25)32)35-17-31-15-20-10-21(16-31)12-23(31)11-20/h13-14,18-23H,6-12,15-17,32H2,1-5H3. The van der Waals surface area contributed by atoms with Crippen LogP contribution in [0.1, 0.15) is 114 Å². The van der Waals surface area contributed by atoms with E-state index in [1.54, 1.807) is 0 Å². The number of hydrogen-bond acceptors (Lipinski definition) is 5. The number of rotatable bonds is 10. The highest BCUT2D eigenvalue weighted by Crippen LogP contribution is 2.65. The van der Waals surface area contributed by atoms with Crippen molar-refractivity contribution in [2.24, 2.45) is 35.0 Å². The van der Waals surface area contributed by atoms with Crippen LogP contribution in [0.3, 0.4) is 0 Å². The zero-order chi connectivity index (χ0) is 25.8. The summed E-state index contributed by atoms with van der Waals surface area (Å²) in [7, 11) is 0. The molecule has 0 aromatic heterocycles. The normalized spacial score (nSPS) is 30.3. The molecule has 6 rings (SSSR count). The number of Topliss-reactive ketones (excluding diaryl/α,β-unsaturated/α-hetero) is 1. The molecule has 4 unspecified atom stereocenters. The van der Waals surface area contributed by atoms with Crippen LogP contribution >= 0.6 is 0 Å². The van der Waals surface area contributed by atoms with E-state index in [-0.39, 0.29) is 23.6 Å². The van der Waals surface area contributed by atoms with E-state index in [1.165, 1.54) is 32.1 Å². The lowest BCUT2D eigenvalue weighted by Gasteiger charge is -2.33. The molecule has 0 amide bonds. The summed E-state index contributed by atoms with van der Waals surface area (Å²) < 4.78 is 12.0. The highest BCUT2D eigenvalue weighted by Gasteiger charge is 2.58. The van der Waals surface area contributed by atoms with E-state index in [4.69, 9.17) is 15.2 Å². The molecule has 36 heavy (non-hydrogen) atoms. The minimum atomic E-state index is -0.496. The number of anilines is 1. The van der Waals surface area contributed by atoms with Crippen LogP contribution in [0.2, 0.25) is 0 Å². The van der Waals surface area contributed by atoms with Gasteiger partial charge >= 0.3 is 5.97 Å². The van der Waals surface area contributed by atoms with Gasteiger partial charge in [0.25, 0.3) is 0 Å². The number of carbonyl (C=O) groups is 2. The monoisotopic (exact) mass is 495 g/mol. The number of ether oxygens (including phenoxy) is 2. The van der Waals surface area contributed by atoms with Crippen molar-refractivity contribution in [3.63, 3.8) is 0 Å². The summed E-state index contributed by atoms with van der Waals surface area (Å²) in [6, 6.07) is 3.94. The maximum Gasteiger partial charge on any atom is 0.306 e. The Hall–Kier alpha value is -2.04. The molecule has 4 atom stereocenters. The van der Waals surface area contributed by atoms with Gasteiger partial charge in [-0.15, -0.1) is 0 Å². The van der Waals surface area contributed by atoms with Crippen molar-refractivity contribution < 1.29 is 19.1 Å². The molecule has 5 saturated carbocycles. The van der Waals surface area contributed by atoms with Gasteiger partial charge in [-0.3, -0.25) is 9.59 Å². The SMILES string of the molecule is CC(CC(=O)OC(C)(C)C)C(C)CC(=O)c1cc(C2CC2)c(OCC23CC4CC(CC2C4)C3)cc1N. The minimum absolute atomic E-state index is 0.0479. The van der Waals surface area contributed by atoms with Gasteiger partial charge in [-0.1, -0.05) is 13.8 Å². The Kier molecular flexibility index (Phi) is 6.66. The lowest BCUT2D eigenvalue weighted by Crippen LogP contribution is -2.30. The first kappa shape index (κ1) is 25.6. The molecule has 1 aromatic rings. The summed E-state index contributed by atoms with van der Waals surface area (Å²) in [5.41, 5.74) is 8.62. The van der Waals surface area contributed by atoms with E-state index in [2.05, 4.69) is 0 Å². The first-order valence-electron chi connectivity index (χ1n) is 14.2. The Morgan fingerprint density at radius 2 is 1.67 bits per heavy atom. The maximum atomic E-state index is 13.3. The van der Waals surface area contributed by atoms with E-state index in [9.17, 15) is 9.59 Å². The Balaban J connectivity index is 1.24. The fraction of sp³-hybridized carbons (Fsp3) is 0.742. The number of esters is 1. The van der Waals surface area contributed by atoms with Crippen molar-refractivity contribution >= 4 is 17.4 Å². The van der Waals surface area contributed by atoms with E-state index in [0.29, 0.717) is 35.4 Å². The average Bonchev–Trinajstić information content (AvgIpc) is 3.53. The number of hydrogen-bond donors (Lipinski definition) is 1. The minimum Gasteiger partial charge on any atom is -0.493 e. The van der Waals surface area contributed by atoms with Crippen molar-refractivity contribution in [1.82, 2.24) is 0 Å². The van der Waals surface area contributed by atoms with Crippen LogP contribution in [0.15, 0.2) is 12.1 Å². The maximum absolute atomic E-state index is 13.3. The molecule has 5 nitrogen and oxygen atoms in total. The van der Waals surface area contributed by atoms with Crippen LogP contribution < -0.4 is 10.5 Å². The molecule has 0 spiro atoms. The molecule has 5 heteroatoms. The fourth-order valence-electron chi connectivity index (χ4n) is 7.56. The fourth-order valence-corrected chi connectivity index (χ4v) is 7.56.